The molecule has 1 atom stereocenters. The van der Waals surface area contributed by atoms with Crippen molar-refractivity contribution in [3.05, 3.63) is 28.0 Å². The summed E-state index contributed by atoms with van der Waals surface area (Å²) in [6.45, 7) is 4.13. The molecule has 1 N–H and O–H groups in total. The summed E-state index contributed by atoms with van der Waals surface area (Å²) in [5.41, 5.74) is -0.209. The normalized spacial score (nSPS) is 24.8. The van der Waals surface area contributed by atoms with E-state index >= 15 is 0 Å². The molecule has 2 heterocycles. The maximum Gasteiger partial charge on any atom is 0.433 e. The van der Waals surface area contributed by atoms with E-state index in [1.54, 1.807) is 6.07 Å². The Morgan fingerprint density at radius 3 is 3.06 bits per heavy atom. The molecule has 0 spiro atoms. The number of rotatable bonds is 4. The van der Waals surface area contributed by atoms with E-state index in [0.29, 0.717) is 5.76 Å². The van der Waals surface area contributed by atoms with Crippen LogP contribution in [0.5, 0.6) is 0 Å². The number of nitrogens with one attached hydrogen (secondary N) is 1. The van der Waals surface area contributed by atoms with E-state index in [4.69, 9.17) is 9.15 Å². The van der Waals surface area contributed by atoms with Crippen LogP contribution in [-0.2, 0) is 11.3 Å². The molecule has 1 unspecified atom stereocenters. The van der Waals surface area contributed by atoms with Gasteiger partial charge < -0.3 is 14.5 Å². The van der Waals surface area contributed by atoms with Crippen LogP contribution in [0.4, 0.5) is 5.88 Å². The fourth-order valence-electron chi connectivity index (χ4n) is 1.94. The average Bonchev–Trinajstić information content (AvgIpc) is 2.76. The summed E-state index contributed by atoms with van der Waals surface area (Å²) in [6.07, 6.45) is 2.07. The molecule has 94 valence electrons. The molecule has 6 heteroatoms. The summed E-state index contributed by atoms with van der Waals surface area (Å²) >= 11 is 0. The van der Waals surface area contributed by atoms with Crippen molar-refractivity contribution in [2.45, 2.75) is 32.0 Å². The highest BCUT2D eigenvalue weighted by Crippen LogP contribution is 2.23. The monoisotopic (exact) mass is 240 g/mol. The van der Waals surface area contributed by atoms with Gasteiger partial charge in [0.15, 0.2) is 0 Å². The van der Waals surface area contributed by atoms with Crippen molar-refractivity contribution in [3.8, 4) is 0 Å². The van der Waals surface area contributed by atoms with E-state index in [0.717, 1.165) is 25.9 Å². The lowest BCUT2D eigenvalue weighted by Crippen LogP contribution is -2.45. The molecule has 1 fully saturated rings. The maximum atomic E-state index is 10.4. The number of piperidine rings is 1. The van der Waals surface area contributed by atoms with Crippen molar-refractivity contribution in [1.82, 2.24) is 5.32 Å². The predicted molar refractivity (Wildman–Crippen MR) is 60.7 cm³/mol. The number of hydrogen-bond acceptors (Lipinski definition) is 5. The van der Waals surface area contributed by atoms with Gasteiger partial charge in [0.2, 0.25) is 0 Å². The Morgan fingerprint density at radius 1 is 1.65 bits per heavy atom. The molecular formula is C11H16N2O4. The minimum absolute atomic E-state index is 0.209. The molecule has 0 aliphatic carbocycles. The minimum atomic E-state index is -0.548. The second-order valence-corrected chi connectivity index (χ2v) is 4.52. The Bertz CT molecular complexity index is 396. The summed E-state index contributed by atoms with van der Waals surface area (Å²) < 4.78 is 10.8. The smallest absolute Gasteiger partial charge is 0.403 e. The van der Waals surface area contributed by atoms with Gasteiger partial charge in [0.1, 0.15) is 17.3 Å². The van der Waals surface area contributed by atoms with E-state index in [-0.39, 0.29) is 18.1 Å². The molecule has 1 aromatic heterocycles. The van der Waals surface area contributed by atoms with Crippen LogP contribution < -0.4 is 5.32 Å². The van der Waals surface area contributed by atoms with Crippen LogP contribution in [0.25, 0.3) is 0 Å². The lowest BCUT2D eigenvalue weighted by molar-refractivity contribution is -0.402. The Labute approximate surface area is 99.1 Å². The zero-order valence-electron chi connectivity index (χ0n) is 9.77. The van der Waals surface area contributed by atoms with E-state index in [2.05, 4.69) is 5.32 Å². The third-order valence-electron chi connectivity index (χ3n) is 2.95. The number of furan rings is 1. The summed E-state index contributed by atoms with van der Waals surface area (Å²) in [4.78, 5) is 9.90. The highest BCUT2D eigenvalue weighted by atomic mass is 16.6. The van der Waals surface area contributed by atoms with E-state index in [9.17, 15) is 10.1 Å². The SMILES string of the molecule is CC1(OCc2ccc([N+](=O)[O-])o2)CCCNC1. The third-order valence-corrected chi connectivity index (χ3v) is 2.95. The molecule has 6 nitrogen and oxygen atoms in total. The second-order valence-electron chi connectivity index (χ2n) is 4.52. The van der Waals surface area contributed by atoms with E-state index in [1.807, 2.05) is 6.92 Å². The van der Waals surface area contributed by atoms with Crippen LogP contribution in [-0.4, -0.2) is 23.6 Å². The quantitative estimate of drug-likeness (QED) is 0.641. The summed E-state index contributed by atoms with van der Waals surface area (Å²) in [5, 5.41) is 13.7. The van der Waals surface area contributed by atoms with Gasteiger partial charge in [0.25, 0.3) is 0 Å². The van der Waals surface area contributed by atoms with Gasteiger partial charge in [-0.1, -0.05) is 0 Å². The van der Waals surface area contributed by atoms with Crippen LogP contribution in [0.3, 0.4) is 0 Å². The van der Waals surface area contributed by atoms with Crippen LogP contribution in [0.15, 0.2) is 16.5 Å². The van der Waals surface area contributed by atoms with Crippen molar-refractivity contribution in [3.63, 3.8) is 0 Å². The number of ether oxygens (including phenoxy) is 1. The Hall–Kier alpha value is -1.40. The van der Waals surface area contributed by atoms with Gasteiger partial charge in [-0.25, -0.2) is 0 Å². The minimum Gasteiger partial charge on any atom is -0.403 e. The van der Waals surface area contributed by atoms with Gasteiger partial charge in [-0.2, -0.15) is 0 Å². The molecule has 0 saturated carbocycles. The lowest BCUT2D eigenvalue weighted by atomic mass is 9.96. The molecule has 1 saturated heterocycles. The van der Waals surface area contributed by atoms with Gasteiger partial charge in [0, 0.05) is 6.54 Å². The Kier molecular flexibility index (Phi) is 3.44. The molecular weight excluding hydrogens is 224 g/mol. The Morgan fingerprint density at radius 2 is 2.47 bits per heavy atom. The van der Waals surface area contributed by atoms with Crippen LogP contribution in [0, 0.1) is 10.1 Å². The van der Waals surface area contributed by atoms with Crippen molar-refractivity contribution in [2.75, 3.05) is 13.1 Å². The molecule has 2 rings (SSSR count). The molecule has 1 aromatic rings. The number of hydrogen-bond donors (Lipinski definition) is 1. The van der Waals surface area contributed by atoms with Crippen LogP contribution >= 0.6 is 0 Å². The fraction of sp³-hybridized carbons (Fsp3) is 0.636. The van der Waals surface area contributed by atoms with Crippen LogP contribution in [0.2, 0.25) is 0 Å². The molecule has 1 aliphatic heterocycles. The first kappa shape index (κ1) is 12.1. The summed E-state index contributed by atoms with van der Waals surface area (Å²) in [6, 6.07) is 2.93. The molecule has 0 amide bonds. The standard InChI is InChI=1S/C11H16N2O4/c1-11(5-2-6-12-8-11)16-7-9-3-4-10(17-9)13(14)15/h3-4,12H,2,5-8H2,1H3. The van der Waals surface area contributed by atoms with E-state index < -0.39 is 4.92 Å². The number of nitrogens with zero attached hydrogens (tertiary/aromatic N) is 1. The lowest BCUT2D eigenvalue weighted by Gasteiger charge is -2.33. The molecule has 0 aromatic carbocycles. The van der Waals surface area contributed by atoms with Crippen LogP contribution in [0.1, 0.15) is 25.5 Å². The second kappa shape index (κ2) is 4.85. The first-order chi connectivity index (χ1) is 8.09. The van der Waals surface area contributed by atoms with Crippen molar-refractivity contribution in [1.29, 1.82) is 0 Å². The van der Waals surface area contributed by atoms with Crippen molar-refractivity contribution < 1.29 is 14.1 Å². The zero-order valence-corrected chi connectivity index (χ0v) is 9.77. The largest absolute Gasteiger partial charge is 0.433 e. The molecule has 0 bridgehead atoms. The average molecular weight is 240 g/mol. The van der Waals surface area contributed by atoms with Gasteiger partial charge in [-0.15, -0.1) is 0 Å². The fourth-order valence-corrected chi connectivity index (χ4v) is 1.94. The molecule has 0 radical (unpaired) electrons. The van der Waals surface area contributed by atoms with Crippen molar-refractivity contribution in [2.24, 2.45) is 0 Å². The predicted octanol–water partition coefficient (Wildman–Crippen LogP) is 1.85. The Balaban J connectivity index is 1.90. The van der Waals surface area contributed by atoms with Gasteiger partial charge in [-0.05, 0) is 32.4 Å². The van der Waals surface area contributed by atoms with Gasteiger partial charge in [-0.3, -0.25) is 10.1 Å². The molecule has 17 heavy (non-hydrogen) atoms. The first-order valence-electron chi connectivity index (χ1n) is 5.67. The topological polar surface area (TPSA) is 77.5 Å². The van der Waals surface area contributed by atoms with E-state index in [1.165, 1.54) is 6.07 Å². The maximum absolute atomic E-state index is 10.4. The first-order valence-corrected chi connectivity index (χ1v) is 5.67. The van der Waals surface area contributed by atoms with Crippen molar-refractivity contribution >= 4 is 5.88 Å². The summed E-state index contributed by atoms with van der Waals surface area (Å²) in [5.74, 6) is 0.249. The summed E-state index contributed by atoms with van der Waals surface area (Å²) in [7, 11) is 0. The number of nitro groups is 1. The highest BCUT2D eigenvalue weighted by Gasteiger charge is 2.28. The van der Waals surface area contributed by atoms with Gasteiger partial charge in [0.05, 0.1) is 11.7 Å². The molecule has 1 aliphatic rings. The third kappa shape index (κ3) is 3.04. The highest BCUT2D eigenvalue weighted by molar-refractivity contribution is 5.17. The van der Waals surface area contributed by atoms with Gasteiger partial charge >= 0.3 is 5.88 Å². The zero-order chi connectivity index (χ0) is 12.3.